The predicted molar refractivity (Wildman–Crippen MR) is 81.6 cm³/mol. The van der Waals surface area contributed by atoms with Gasteiger partial charge in [-0.05, 0) is 6.07 Å². The molecule has 0 bridgehead atoms. The monoisotopic (exact) mass is 284 g/mol. The van der Waals surface area contributed by atoms with Crippen LogP contribution in [-0.2, 0) is 4.79 Å². The molecule has 1 heterocycles. The number of rotatable bonds is 1. The molecule has 0 fully saturated rings. The molecule has 1 aliphatic rings. The van der Waals surface area contributed by atoms with Crippen LogP contribution in [0.5, 0.6) is 0 Å². The Morgan fingerprint density at radius 1 is 1.05 bits per heavy atom. The van der Waals surface area contributed by atoms with Crippen LogP contribution in [0.3, 0.4) is 0 Å². The summed E-state index contributed by atoms with van der Waals surface area (Å²) in [4.78, 5) is 18.1. The Labute approximate surface area is 122 Å². The molecule has 3 rings (SSSR count). The van der Waals surface area contributed by atoms with Crippen molar-refractivity contribution in [3.8, 4) is 0 Å². The third kappa shape index (κ3) is 2.10. The van der Waals surface area contributed by atoms with Gasteiger partial charge < -0.3 is 4.90 Å². The number of carbonyl (C=O) groups excluding carboxylic acids is 1. The van der Waals surface area contributed by atoms with Crippen molar-refractivity contribution < 1.29 is 4.79 Å². The van der Waals surface area contributed by atoms with Gasteiger partial charge in [-0.2, -0.15) is 0 Å². The molecule has 0 N–H and O–H groups in total. The molecule has 0 radical (unpaired) electrons. The number of benzene rings is 2. The smallest absolute Gasteiger partial charge is 0.266 e. The maximum Gasteiger partial charge on any atom is 0.266 e. The van der Waals surface area contributed by atoms with E-state index in [2.05, 4.69) is 4.99 Å². The molecule has 0 spiro atoms. The van der Waals surface area contributed by atoms with E-state index in [4.69, 9.17) is 11.6 Å². The van der Waals surface area contributed by atoms with E-state index in [1.54, 1.807) is 11.9 Å². The van der Waals surface area contributed by atoms with Crippen molar-refractivity contribution in [1.82, 2.24) is 0 Å². The first kappa shape index (κ1) is 12.9. The molecule has 4 heteroatoms. The van der Waals surface area contributed by atoms with Crippen molar-refractivity contribution in [2.24, 2.45) is 4.99 Å². The van der Waals surface area contributed by atoms with Gasteiger partial charge in [-0.25, -0.2) is 0 Å². The van der Waals surface area contributed by atoms with Gasteiger partial charge in [0.25, 0.3) is 5.91 Å². The molecule has 1 aliphatic heterocycles. The summed E-state index contributed by atoms with van der Waals surface area (Å²) < 4.78 is 0. The highest BCUT2D eigenvalue weighted by atomic mass is 35.5. The Hall–Kier alpha value is -2.13. The average molecular weight is 285 g/mol. The van der Waals surface area contributed by atoms with E-state index in [1.807, 2.05) is 54.6 Å². The van der Waals surface area contributed by atoms with Gasteiger partial charge in [0.15, 0.2) is 0 Å². The molecule has 1 unspecified atom stereocenters. The first-order valence-electron chi connectivity index (χ1n) is 6.33. The van der Waals surface area contributed by atoms with Crippen LogP contribution in [0.1, 0.15) is 11.1 Å². The van der Waals surface area contributed by atoms with Gasteiger partial charge in [0.1, 0.15) is 0 Å². The first-order chi connectivity index (χ1) is 9.68. The Bertz CT molecular complexity index is 682. The zero-order valence-electron chi connectivity index (χ0n) is 11.0. The number of carbonyl (C=O) groups is 1. The van der Waals surface area contributed by atoms with Crippen molar-refractivity contribution in [1.29, 1.82) is 0 Å². The quantitative estimate of drug-likeness (QED) is 0.585. The number of fused-ring (bicyclic) bond motifs is 1. The standard InChI is InChI=1S/C16H13ClN2O/c1-19-13-10-6-5-9-12(13)14(18-15(17)16(19)20)11-7-3-2-4-8-11/h2-10,15H,1H3. The van der Waals surface area contributed by atoms with Crippen LogP contribution >= 0.6 is 11.6 Å². The van der Waals surface area contributed by atoms with Crippen LogP contribution in [0.25, 0.3) is 0 Å². The number of benzodiazepines with no additional fused rings is 1. The number of hydrogen-bond acceptors (Lipinski definition) is 2. The lowest BCUT2D eigenvalue weighted by Gasteiger charge is -2.18. The van der Waals surface area contributed by atoms with E-state index in [9.17, 15) is 4.79 Å². The van der Waals surface area contributed by atoms with Crippen molar-refractivity contribution in [3.05, 3.63) is 65.7 Å². The molecule has 0 aliphatic carbocycles. The van der Waals surface area contributed by atoms with E-state index in [-0.39, 0.29) is 5.91 Å². The fourth-order valence-electron chi connectivity index (χ4n) is 2.31. The molecule has 2 aromatic rings. The van der Waals surface area contributed by atoms with Crippen LogP contribution in [0.4, 0.5) is 5.69 Å². The molecule has 2 aromatic carbocycles. The highest BCUT2D eigenvalue weighted by Crippen LogP contribution is 2.28. The molecular weight excluding hydrogens is 272 g/mol. The largest absolute Gasteiger partial charge is 0.312 e. The van der Waals surface area contributed by atoms with E-state index in [0.717, 1.165) is 22.5 Å². The number of halogens is 1. The van der Waals surface area contributed by atoms with E-state index in [0.29, 0.717) is 0 Å². The summed E-state index contributed by atoms with van der Waals surface area (Å²) in [5.41, 5.74) is 2.54. The molecule has 3 nitrogen and oxygen atoms in total. The maximum atomic E-state index is 12.2. The minimum Gasteiger partial charge on any atom is -0.312 e. The third-order valence-electron chi connectivity index (χ3n) is 3.34. The number of aliphatic imine (C=N–C) groups is 1. The highest BCUT2D eigenvalue weighted by Gasteiger charge is 2.27. The summed E-state index contributed by atoms with van der Waals surface area (Å²) in [5.74, 6) is -0.218. The van der Waals surface area contributed by atoms with Crippen molar-refractivity contribution >= 4 is 28.9 Å². The van der Waals surface area contributed by atoms with Gasteiger partial charge in [0.2, 0.25) is 5.50 Å². The SMILES string of the molecule is CN1C(=O)C(Cl)N=C(c2ccccc2)c2ccccc21. The molecule has 0 saturated carbocycles. The molecule has 100 valence electrons. The minimum absolute atomic E-state index is 0.218. The average Bonchev–Trinajstić information content (AvgIpc) is 2.60. The molecule has 1 amide bonds. The van der Waals surface area contributed by atoms with Gasteiger partial charge in [-0.15, -0.1) is 0 Å². The normalized spacial score (nSPS) is 18.3. The zero-order valence-corrected chi connectivity index (χ0v) is 11.7. The molecule has 1 atom stereocenters. The minimum atomic E-state index is -0.900. The van der Waals surface area contributed by atoms with Gasteiger partial charge in [0, 0.05) is 18.2 Å². The molecule has 0 saturated heterocycles. The Kier molecular flexibility index (Phi) is 3.28. The fraction of sp³-hybridized carbons (Fsp3) is 0.125. The fourth-order valence-corrected chi connectivity index (χ4v) is 2.55. The number of hydrogen-bond donors (Lipinski definition) is 0. The van der Waals surface area contributed by atoms with Crippen LogP contribution in [0.2, 0.25) is 0 Å². The maximum absolute atomic E-state index is 12.2. The number of para-hydroxylation sites is 1. The number of nitrogens with zero attached hydrogens (tertiary/aromatic N) is 2. The first-order valence-corrected chi connectivity index (χ1v) is 6.76. The zero-order chi connectivity index (χ0) is 14.1. The lowest BCUT2D eigenvalue weighted by atomic mass is 10.0. The summed E-state index contributed by atoms with van der Waals surface area (Å²) >= 11 is 6.12. The second-order valence-electron chi connectivity index (χ2n) is 4.59. The summed E-state index contributed by atoms with van der Waals surface area (Å²) in [6.07, 6.45) is 0. The number of anilines is 1. The topological polar surface area (TPSA) is 32.7 Å². The predicted octanol–water partition coefficient (Wildman–Crippen LogP) is 3.07. The van der Waals surface area contributed by atoms with Crippen molar-refractivity contribution in [2.45, 2.75) is 5.50 Å². The Morgan fingerprint density at radius 2 is 1.70 bits per heavy atom. The summed E-state index contributed by atoms with van der Waals surface area (Å²) in [6.45, 7) is 0. The van der Waals surface area contributed by atoms with Crippen LogP contribution in [0.15, 0.2) is 59.6 Å². The van der Waals surface area contributed by atoms with Gasteiger partial charge in [-0.1, -0.05) is 60.1 Å². The Morgan fingerprint density at radius 3 is 2.45 bits per heavy atom. The lowest BCUT2D eigenvalue weighted by Crippen LogP contribution is -2.31. The van der Waals surface area contributed by atoms with E-state index in [1.165, 1.54) is 0 Å². The Balaban J connectivity index is 2.24. The number of likely N-dealkylation sites (N-methyl/N-ethyl adjacent to an activating group) is 1. The van der Waals surface area contributed by atoms with E-state index >= 15 is 0 Å². The third-order valence-corrected chi connectivity index (χ3v) is 3.63. The van der Waals surface area contributed by atoms with Crippen LogP contribution in [0, 0.1) is 0 Å². The van der Waals surface area contributed by atoms with Gasteiger partial charge >= 0.3 is 0 Å². The van der Waals surface area contributed by atoms with Gasteiger partial charge in [0.05, 0.1) is 11.4 Å². The summed E-state index contributed by atoms with van der Waals surface area (Å²) in [7, 11) is 1.72. The number of alkyl halides is 1. The second-order valence-corrected chi connectivity index (χ2v) is 5.01. The highest BCUT2D eigenvalue weighted by molar-refractivity contribution is 6.35. The van der Waals surface area contributed by atoms with Crippen LogP contribution in [-0.4, -0.2) is 24.2 Å². The van der Waals surface area contributed by atoms with Gasteiger partial charge in [-0.3, -0.25) is 9.79 Å². The lowest BCUT2D eigenvalue weighted by molar-refractivity contribution is -0.117. The van der Waals surface area contributed by atoms with Crippen molar-refractivity contribution in [3.63, 3.8) is 0 Å². The summed E-state index contributed by atoms with van der Waals surface area (Å²) in [5, 5.41) is 0. The summed E-state index contributed by atoms with van der Waals surface area (Å²) in [6, 6.07) is 17.5. The number of amides is 1. The molecular formula is C16H13ClN2O. The molecule has 20 heavy (non-hydrogen) atoms. The molecule has 0 aromatic heterocycles. The van der Waals surface area contributed by atoms with Crippen molar-refractivity contribution in [2.75, 3.05) is 11.9 Å². The van der Waals surface area contributed by atoms with E-state index < -0.39 is 5.50 Å². The second kappa shape index (κ2) is 5.10. The van der Waals surface area contributed by atoms with Crippen LogP contribution < -0.4 is 4.90 Å².